The van der Waals surface area contributed by atoms with Crippen molar-refractivity contribution in [1.82, 2.24) is 9.21 Å². The molecule has 0 aromatic rings. The fourth-order valence-corrected chi connectivity index (χ4v) is 5.21. The normalized spacial score (nSPS) is 23.9. The van der Waals surface area contributed by atoms with Gasteiger partial charge in [-0.25, -0.2) is 12.7 Å². The van der Waals surface area contributed by atoms with E-state index < -0.39 is 10.0 Å². The van der Waals surface area contributed by atoms with Gasteiger partial charge in [0, 0.05) is 32.1 Å². The molecular formula is C16H30N2O3S. The number of likely N-dealkylation sites (tertiary alicyclic amines) is 1. The second-order valence-corrected chi connectivity index (χ2v) is 8.61. The number of hydrogen-bond acceptors (Lipinski definition) is 3. The molecule has 1 unspecified atom stereocenters. The zero-order chi connectivity index (χ0) is 16.0. The van der Waals surface area contributed by atoms with E-state index >= 15 is 0 Å². The molecule has 0 saturated carbocycles. The summed E-state index contributed by atoms with van der Waals surface area (Å²) in [7, 11) is -3.11. The fraction of sp³-hybridized carbons (Fsp3) is 0.938. The SMILES string of the molecule is CCC1CCCN1C(=O)CCCCS(=O)(=O)N1CCCCC1. The number of rotatable bonds is 7. The van der Waals surface area contributed by atoms with Gasteiger partial charge in [0.05, 0.1) is 5.75 Å². The van der Waals surface area contributed by atoms with Crippen molar-refractivity contribution in [3.05, 3.63) is 0 Å². The minimum atomic E-state index is -3.11. The second kappa shape index (κ2) is 8.29. The molecular weight excluding hydrogens is 300 g/mol. The Morgan fingerprint density at radius 1 is 1.05 bits per heavy atom. The third-order valence-electron chi connectivity index (χ3n) is 4.92. The van der Waals surface area contributed by atoms with E-state index in [0.717, 1.165) is 45.1 Å². The van der Waals surface area contributed by atoms with Crippen LogP contribution in [0.5, 0.6) is 0 Å². The number of hydrogen-bond donors (Lipinski definition) is 0. The van der Waals surface area contributed by atoms with E-state index in [-0.39, 0.29) is 11.7 Å². The summed E-state index contributed by atoms with van der Waals surface area (Å²) < 4.78 is 26.1. The maximum Gasteiger partial charge on any atom is 0.222 e. The Morgan fingerprint density at radius 3 is 2.45 bits per heavy atom. The van der Waals surface area contributed by atoms with Crippen molar-refractivity contribution in [3.8, 4) is 0 Å². The Bertz CT molecular complexity index is 458. The first kappa shape index (κ1) is 17.7. The monoisotopic (exact) mass is 330 g/mol. The molecule has 22 heavy (non-hydrogen) atoms. The first-order valence-corrected chi connectivity index (χ1v) is 10.4. The van der Waals surface area contributed by atoms with Gasteiger partial charge < -0.3 is 4.90 Å². The summed E-state index contributed by atoms with van der Waals surface area (Å²) in [5.74, 6) is 0.400. The van der Waals surface area contributed by atoms with Crippen molar-refractivity contribution in [2.75, 3.05) is 25.4 Å². The summed E-state index contributed by atoms with van der Waals surface area (Å²) in [5, 5.41) is 0. The molecule has 2 aliphatic rings. The van der Waals surface area contributed by atoms with E-state index in [1.54, 1.807) is 4.31 Å². The van der Waals surface area contributed by atoms with Gasteiger partial charge in [0.25, 0.3) is 0 Å². The van der Waals surface area contributed by atoms with Crippen LogP contribution < -0.4 is 0 Å². The molecule has 0 aromatic carbocycles. The Hall–Kier alpha value is -0.620. The van der Waals surface area contributed by atoms with Gasteiger partial charge in [-0.05, 0) is 44.9 Å². The maximum absolute atomic E-state index is 12.2. The van der Waals surface area contributed by atoms with Gasteiger partial charge in [0.15, 0.2) is 0 Å². The summed E-state index contributed by atoms with van der Waals surface area (Å²) in [5.41, 5.74) is 0. The van der Waals surface area contributed by atoms with E-state index in [4.69, 9.17) is 0 Å². The third kappa shape index (κ3) is 4.69. The fourth-order valence-electron chi connectivity index (χ4n) is 3.56. The van der Waals surface area contributed by atoms with E-state index in [2.05, 4.69) is 6.92 Å². The quantitative estimate of drug-likeness (QED) is 0.673. The average Bonchev–Trinajstić information content (AvgIpc) is 3.01. The predicted octanol–water partition coefficient (Wildman–Crippen LogP) is 2.37. The summed E-state index contributed by atoms with van der Waals surface area (Å²) in [6.07, 6.45) is 8.10. The van der Waals surface area contributed by atoms with Gasteiger partial charge >= 0.3 is 0 Å². The highest BCUT2D eigenvalue weighted by atomic mass is 32.2. The van der Waals surface area contributed by atoms with Crippen LogP contribution in [0, 0.1) is 0 Å². The molecule has 2 heterocycles. The van der Waals surface area contributed by atoms with Crippen LogP contribution in [-0.2, 0) is 14.8 Å². The van der Waals surface area contributed by atoms with Crippen LogP contribution in [-0.4, -0.2) is 55.0 Å². The van der Waals surface area contributed by atoms with E-state index in [1.165, 1.54) is 0 Å². The zero-order valence-electron chi connectivity index (χ0n) is 13.8. The Labute approximate surface area is 135 Å². The molecule has 0 N–H and O–H groups in total. The molecule has 5 nitrogen and oxygen atoms in total. The molecule has 0 aliphatic carbocycles. The van der Waals surface area contributed by atoms with Gasteiger partial charge in [0.1, 0.15) is 0 Å². The lowest BCUT2D eigenvalue weighted by Crippen LogP contribution is -2.37. The second-order valence-electron chi connectivity index (χ2n) is 6.52. The molecule has 128 valence electrons. The lowest BCUT2D eigenvalue weighted by Gasteiger charge is -2.26. The van der Waals surface area contributed by atoms with Crippen molar-refractivity contribution < 1.29 is 13.2 Å². The van der Waals surface area contributed by atoms with Crippen LogP contribution >= 0.6 is 0 Å². The molecule has 0 bridgehead atoms. The molecule has 1 amide bonds. The summed E-state index contributed by atoms with van der Waals surface area (Å²) in [6.45, 7) is 4.35. The van der Waals surface area contributed by atoms with Crippen molar-refractivity contribution in [3.63, 3.8) is 0 Å². The Morgan fingerprint density at radius 2 is 1.77 bits per heavy atom. The zero-order valence-corrected chi connectivity index (χ0v) is 14.6. The van der Waals surface area contributed by atoms with Crippen LogP contribution in [0.1, 0.15) is 64.7 Å². The maximum atomic E-state index is 12.2. The van der Waals surface area contributed by atoms with Gasteiger partial charge in [-0.15, -0.1) is 0 Å². The number of nitrogens with zero attached hydrogens (tertiary/aromatic N) is 2. The Kier molecular flexibility index (Phi) is 6.68. The minimum Gasteiger partial charge on any atom is -0.340 e. The third-order valence-corrected chi connectivity index (χ3v) is 6.88. The highest BCUT2D eigenvalue weighted by Gasteiger charge is 2.27. The number of piperidine rings is 1. The molecule has 0 aromatic heterocycles. The van der Waals surface area contributed by atoms with Gasteiger partial charge in [0.2, 0.25) is 15.9 Å². The topological polar surface area (TPSA) is 57.7 Å². The first-order chi connectivity index (χ1) is 10.5. The van der Waals surface area contributed by atoms with Gasteiger partial charge in [-0.1, -0.05) is 13.3 Å². The largest absolute Gasteiger partial charge is 0.340 e. The number of unbranched alkanes of at least 4 members (excludes halogenated alkanes) is 1. The first-order valence-electron chi connectivity index (χ1n) is 8.82. The van der Waals surface area contributed by atoms with Crippen LogP contribution in [0.4, 0.5) is 0 Å². The van der Waals surface area contributed by atoms with Crippen LogP contribution in [0.3, 0.4) is 0 Å². The predicted molar refractivity (Wildman–Crippen MR) is 88.1 cm³/mol. The van der Waals surface area contributed by atoms with Crippen molar-refractivity contribution in [2.45, 2.75) is 70.8 Å². The molecule has 1 atom stereocenters. The minimum absolute atomic E-state index is 0.192. The highest BCUT2D eigenvalue weighted by molar-refractivity contribution is 7.89. The number of sulfonamides is 1. The van der Waals surface area contributed by atoms with Crippen LogP contribution in [0.2, 0.25) is 0 Å². The van der Waals surface area contributed by atoms with Crippen molar-refractivity contribution in [1.29, 1.82) is 0 Å². The van der Waals surface area contributed by atoms with E-state index in [9.17, 15) is 13.2 Å². The molecule has 2 rings (SSSR count). The molecule has 2 saturated heterocycles. The Balaban J connectivity index is 1.69. The number of amides is 1. The lowest BCUT2D eigenvalue weighted by atomic mass is 10.1. The summed E-state index contributed by atoms with van der Waals surface area (Å²) in [4.78, 5) is 14.2. The summed E-state index contributed by atoms with van der Waals surface area (Å²) in [6, 6.07) is 0.407. The lowest BCUT2D eigenvalue weighted by molar-refractivity contribution is -0.132. The number of carbonyl (C=O) groups is 1. The smallest absolute Gasteiger partial charge is 0.222 e. The summed E-state index contributed by atoms with van der Waals surface area (Å²) >= 11 is 0. The molecule has 0 radical (unpaired) electrons. The van der Waals surface area contributed by atoms with Crippen LogP contribution in [0.15, 0.2) is 0 Å². The van der Waals surface area contributed by atoms with Gasteiger partial charge in [-0.2, -0.15) is 0 Å². The van der Waals surface area contributed by atoms with Crippen LogP contribution in [0.25, 0.3) is 0 Å². The van der Waals surface area contributed by atoms with Gasteiger partial charge in [-0.3, -0.25) is 4.79 Å². The van der Waals surface area contributed by atoms with Crippen molar-refractivity contribution >= 4 is 15.9 Å². The average molecular weight is 330 g/mol. The van der Waals surface area contributed by atoms with E-state index in [1.807, 2.05) is 4.90 Å². The van der Waals surface area contributed by atoms with Crippen molar-refractivity contribution in [2.24, 2.45) is 0 Å². The highest BCUT2D eigenvalue weighted by Crippen LogP contribution is 2.21. The van der Waals surface area contributed by atoms with E-state index in [0.29, 0.717) is 38.4 Å². The standard InChI is InChI=1S/C16H30N2O3S/c1-2-15-9-8-13-18(15)16(19)10-4-7-14-22(20,21)17-11-5-3-6-12-17/h15H,2-14H2,1H3. The molecule has 2 fully saturated rings. The number of carbonyl (C=O) groups excluding carboxylic acids is 1. The molecule has 2 aliphatic heterocycles. The molecule has 6 heteroatoms. The molecule has 0 spiro atoms.